The first-order valence-electron chi connectivity index (χ1n) is 4.26. The Kier molecular flexibility index (Phi) is 3.74. The van der Waals surface area contributed by atoms with Gasteiger partial charge in [-0.2, -0.15) is 5.26 Å². The van der Waals surface area contributed by atoms with E-state index >= 15 is 0 Å². The summed E-state index contributed by atoms with van der Waals surface area (Å²) in [7, 11) is 0. The van der Waals surface area contributed by atoms with Crippen molar-refractivity contribution in [3.63, 3.8) is 0 Å². The number of hydrogen-bond donors (Lipinski definition) is 1. The molecule has 0 amide bonds. The Morgan fingerprint density at radius 2 is 2.38 bits per heavy atom. The molecule has 0 bridgehead atoms. The van der Waals surface area contributed by atoms with Crippen molar-refractivity contribution < 1.29 is 14.1 Å². The van der Waals surface area contributed by atoms with Gasteiger partial charge in [0.05, 0.1) is 17.1 Å². The van der Waals surface area contributed by atoms with Gasteiger partial charge in [-0.15, -0.1) is 0 Å². The van der Waals surface area contributed by atoms with Crippen molar-refractivity contribution in [2.24, 2.45) is 5.73 Å². The Bertz CT molecular complexity index is 444. The maximum Gasteiger partial charge on any atom is 0.272 e. The van der Waals surface area contributed by atoms with Crippen LogP contribution in [0.5, 0.6) is 5.75 Å². The number of non-ortho nitro benzene ring substituents is 1. The predicted molar refractivity (Wildman–Crippen MR) is 52.1 cm³/mol. The minimum absolute atomic E-state index is 0.170. The van der Waals surface area contributed by atoms with E-state index in [1.165, 1.54) is 0 Å². The van der Waals surface area contributed by atoms with E-state index in [1.54, 1.807) is 6.07 Å². The highest BCUT2D eigenvalue weighted by atomic mass is 19.1. The molecular weight excluding hydrogens is 217 g/mol. The van der Waals surface area contributed by atoms with E-state index in [0.717, 1.165) is 18.2 Å². The van der Waals surface area contributed by atoms with E-state index in [9.17, 15) is 14.5 Å². The maximum atomic E-state index is 13.2. The van der Waals surface area contributed by atoms with E-state index in [2.05, 4.69) is 0 Å². The van der Waals surface area contributed by atoms with Crippen LogP contribution < -0.4 is 10.5 Å². The van der Waals surface area contributed by atoms with Gasteiger partial charge < -0.3 is 10.5 Å². The third-order valence-corrected chi connectivity index (χ3v) is 1.71. The predicted octanol–water partition coefficient (Wildman–Crippen LogP) is 0.964. The SMILES string of the molecule is N#CC(N)COc1ccc([N+](=O)[O-])cc1F. The maximum absolute atomic E-state index is 13.2. The van der Waals surface area contributed by atoms with Crippen molar-refractivity contribution >= 4 is 5.69 Å². The summed E-state index contributed by atoms with van der Waals surface area (Å²) in [6.07, 6.45) is 0. The molecule has 6 nitrogen and oxygen atoms in total. The fourth-order valence-electron chi connectivity index (χ4n) is 0.937. The van der Waals surface area contributed by atoms with Crippen LogP contribution >= 0.6 is 0 Å². The van der Waals surface area contributed by atoms with E-state index < -0.39 is 16.8 Å². The first-order chi connectivity index (χ1) is 7.54. The van der Waals surface area contributed by atoms with Crippen molar-refractivity contribution in [1.29, 1.82) is 5.26 Å². The average molecular weight is 225 g/mol. The second-order valence-corrected chi connectivity index (χ2v) is 2.92. The smallest absolute Gasteiger partial charge is 0.272 e. The highest BCUT2D eigenvalue weighted by Gasteiger charge is 2.12. The third kappa shape index (κ3) is 2.90. The number of nitriles is 1. The van der Waals surface area contributed by atoms with Crippen LogP contribution in [0.3, 0.4) is 0 Å². The van der Waals surface area contributed by atoms with Gasteiger partial charge in [0, 0.05) is 6.07 Å². The van der Waals surface area contributed by atoms with Crippen LogP contribution in [0.1, 0.15) is 0 Å². The Labute approximate surface area is 90.2 Å². The van der Waals surface area contributed by atoms with Crippen LogP contribution in [0.2, 0.25) is 0 Å². The zero-order chi connectivity index (χ0) is 12.1. The van der Waals surface area contributed by atoms with Gasteiger partial charge in [-0.3, -0.25) is 10.1 Å². The van der Waals surface area contributed by atoms with Crippen molar-refractivity contribution in [2.45, 2.75) is 6.04 Å². The summed E-state index contributed by atoms with van der Waals surface area (Å²) in [6, 6.07) is 3.81. The monoisotopic (exact) mass is 225 g/mol. The summed E-state index contributed by atoms with van der Waals surface area (Å²) >= 11 is 0. The lowest BCUT2D eigenvalue weighted by atomic mass is 10.3. The largest absolute Gasteiger partial charge is 0.488 e. The fourth-order valence-corrected chi connectivity index (χ4v) is 0.937. The number of nitrogens with zero attached hydrogens (tertiary/aromatic N) is 2. The van der Waals surface area contributed by atoms with E-state index in [1.807, 2.05) is 0 Å². The van der Waals surface area contributed by atoms with Crippen molar-refractivity contribution in [2.75, 3.05) is 6.61 Å². The second-order valence-electron chi connectivity index (χ2n) is 2.92. The van der Waals surface area contributed by atoms with Gasteiger partial charge in [-0.1, -0.05) is 0 Å². The van der Waals surface area contributed by atoms with Gasteiger partial charge in [-0.25, -0.2) is 4.39 Å². The topological polar surface area (TPSA) is 102 Å². The summed E-state index contributed by atoms with van der Waals surface area (Å²) in [5.41, 5.74) is 4.87. The molecule has 1 rings (SSSR count). The molecule has 0 aliphatic rings. The van der Waals surface area contributed by atoms with Crippen LogP contribution in [-0.4, -0.2) is 17.6 Å². The van der Waals surface area contributed by atoms with Gasteiger partial charge >= 0.3 is 0 Å². The molecule has 16 heavy (non-hydrogen) atoms. The molecule has 0 spiro atoms. The Morgan fingerprint density at radius 3 is 2.88 bits per heavy atom. The normalized spacial score (nSPS) is 11.6. The number of ether oxygens (including phenoxy) is 1. The Hall–Kier alpha value is -2.20. The third-order valence-electron chi connectivity index (χ3n) is 1.71. The van der Waals surface area contributed by atoms with Crippen LogP contribution in [0.4, 0.5) is 10.1 Å². The molecule has 0 saturated heterocycles. The van der Waals surface area contributed by atoms with Crippen LogP contribution in [0.25, 0.3) is 0 Å². The van der Waals surface area contributed by atoms with Gasteiger partial charge in [0.1, 0.15) is 12.6 Å². The van der Waals surface area contributed by atoms with Crippen molar-refractivity contribution in [1.82, 2.24) is 0 Å². The van der Waals surface area contributed by atoms with Crippen LogP contribution in [-0.2, 0) is 0 Å². The number of benzene rings is 1. The Balaban J connectivity index is 2.76. The first-order valence-corrected chi connectivity index (χ1v) is 4.26. The quantitative estimate of drug-likeness (QED) is 0.607. The number of rotatable bonds is 4. The van der Waals surface area contributed by atoms with E-state index in [-0.39, 0.29) is 18.0 Å². The van der Waals surface area contributed by atoms with Gasteiger partial charge in [0.2, 0.25) is 0 Å². The van der Waals surface area contributed by atoms with Crippen molar-refractivity contribution in [3.8, 4) is 11.8 Å². The Morgan fingerprint density at radius 1 is 1.69 bits per heavy atom. The minimum Gasteiger partial charge on any atom is -0.488 e. The average Bonchev–Trinajstić information content (AvgIpc) is 2.26. The highest BCUT2D eigenvalue weighted by Crippen LogP contribution is 2.22. The molecule has 2 N–H and O–H groups in total. The van der Waals surface area contributed by atoms with Crippen LogP contribution in [0.15, 0.2) is 18.2 Å². The summed E-state index contributed by atoms with van der Waals surface area (Å²) in [6.45, 7) is -0.175. The number of nitro groups is 1. The second kappa shape index (κ2) is 5.04. The fraction of sp³-hybridized carbons (Fsp3) is 0.222. The molecule has 0 radical (unpaired) electrons. The summed E-state index contributed by atoms with van der Waals surface area (Å²) < 4.78 is 18.1. The minimum atomic E-state index is -0.866. The molecule has 0 heterocycles. The lowest BCUT2D eigenvalue weighted by molar-refractivity contribution is -0.385. The summed E-state index contributed by atoms with van der Waals surface area (Å²) in [4.78, 5) is 9.60. The number of halogens is 1. The first kappa shape index (κ1) is 11.9. The molecule has 1 atom stereocenters. The molecule has 1 aromatic carbocycles. The highest BCUT2D eigenvalue weighted by molar-refractivity contribution is 5.37. The molecule has 0 aliphatic carbocycles. The molecule has 0 fully saturated rings. The molecule has 0 saturated carbocycles. The van der Waals surface area contributed by atoms with E-state index in [4.69, 9.17) is 15.7 Å². The summed E-state index contributed by atoms with van der Waals surface area (Å²) in [5.74, 6) is -1.03. The standard InChI is InChI=1S/C9H8FN3O3/c10-8-3-7(13(14)15)1-2-9(8)16-5-6(12)4-11/h1-3,6H,5,12H2. The lowest BCUT2D eigenvalue weighted by Gasteiger charge is -2.07. The molecular formula is C9H8FN3O3. The van der Waals surface area contributed by atoms with Crippen LogP contribution in [0, 0.1) is 27.3 Å². The zero-order valence-corrected chi connectivity index (χ0v) is 8.09. The molecule has 1 unspecified atom stereocenters. The number of nitro benzene ring substituents is 1. The van der Waals surface area contributed by atoms with Gasteiger partial charge in [-0.05, 0) is 6.07 Å². The number of hydrogen-bond acceptors (Lipinski definition) is 5. The zero-order valence-electron chi connectivity index (χ0n) is 8.09. The molecule has 0 aromatic heterocycles. The molecule has 84 valence electrons. The molecule has 1 aromatic rings. The van der Waals surface area contributed by atoms with E-state index in [0.29, 0.717) is 0 Å². The summed E-state index contributed by atoms with van der Waals surface area (Å²) in [5, 5.41) is 18.7. The van der Waals surface area contributed by atoms with Gasteiger partial charge in [0.15, 0.2) is 11.6 Å². The van der Waals surface area contributed by atoms with Crippen molar-refractivity contribution in [3.05, 3.63) is 34.1 Å². The van der Waals surface area contributed by atoms with Gasteiger partial charge in [0.25, 0.3) is 5.69 Å². The number of nitrogens with two attached hydrogens (primary N) is 1. The molecule has 0 aliphatic heterocycles. The molecule has 7 heteroatoms. The lowest BCUT2D eigenvalue weighted by Crippen LogP contribution is -2.25.